The highest BCUT2D eigenvalue weighted by molar-refractivity contribution is 8.01. The lowest BCUT2D eigenvalue weighted by atomic mass is 9.96. The zero-order valence-corrected chi connectivity index (χ0v) is 18.6. The summed E-state index contributed by atoms with van der Waals surface area (Å²) in [6.07, 6.45) is 3.87. The van der Waals surface area contributed by atoms with Crippen molar-refractivity contribution in [3.05, 3.63) is 35.9 Å². The van der Waals surface area contributed by atoms with Crippen LogP contribution in [0.15, 0.2) is 35.5 Å². The fourth-order valence-corrected chi connectivity index (χ4v) is 6.17. The number of carbonyl (C=O) groups is 3. The molecule has 1 saturated carbocycles. The number of nitrogens with zero attached hydrogens (tertiary/aromatic N) is 2. The fraction of sp³-hybridized carbons (Fsp3) is 0.545. The number of carboxylic acids is 1. The second-order valence-electron chi connectivity index (χ2n) is 9.10. The predicted octanol–water partition coefficient (Wildman–Crippen LogP) is 2.37. The molecular weight excluding hydrogens is 418 g/mol. The maximum Gasteiger partial charge on any atom is 0.327 e. The molecule has 1 aromatic rings. The van der Waals surface area contributed by atoms with Crippen LogP contribution >= 0.6 is 11.8 Å². The molecule has 9 heteroatoms. The number of rotatable bonds is 6. The molecule has 0 unspecified atom stereocenters. The van der Waals surface area contributed by atoms with Gasteiger partial charge in [0.05, 0.1) is 0 Å². The molecule has 3 aliphatic rings. The van der Waals surface area contributed by atoms with E-state index in [0.717, 1.165) is 25.7 Å². The zero-order chi connectivity index (χ0) is 22.4. The summed E-state index contributed by atoms with van der Waals surface area (Å²) in [6, 6.07) is 7.27. The van der Waals surface area contributed by atoms with Crippen molar-refractivity contribution < 1.29 is 24.3 Å². The lowest BCUT2D eigenvalue weighted by molar-refractivity contribution is -0.160. The highest BCUT2D eigenvalue weighted by Gasteiger charge is 2.64. The number of benzene rings is 1. The van der Waals surface area contributed by atoms with E-state index in [1.54, 1.807) is 38.1 Å². The Kier molecular flexibility index (Phi) is 5.49. The Labute approximate surface area is 185 Å². The molecule has 2 heterocycles. The van der Waals surface area contributed by atoms with E-state index in [1.165, 1.54) is 16.7 Å². The molecule has 31 heavy (non-hydrogen) atoms. The molecular formula is C22H27N3O5S. The molecule has 8 nitrogen and oxygen atoms in total. The Balaban J connectivity index is 1.53. The van der Waals surface area contributed by atoms with Crippen LogP contribution in [0.25, 0.3) is 0 Å². The molecule has 1 aromatic carbocycles. The van der Waals surface area contributed by atoms with Gasteiger partial charge in [-0.2, -0.15) is 0 Å². The number of amides is 2. The number of nitrogens with one attached hydrogen (secondary N) is 1. The Morgan fingerprint density at radius 3 is 2.45 bits per heavy atom. The van der Waals surface area contributed by atoms with Crippen LogP contribution in [0.3, 0.4) is 0 Å². The molecule has 0 aromatic heterocycles. The number of fused-ring (bicyclic) bond motifs is 1. The van der Waals surface area contributed by atoms with Crippen LogP contribution in [0.1, 0.15) is 52.0 Å². The third-order valence-corrected chi connectivity index (χ3v) is 7.81. The number of oxime groups is 1. The van der Waals surface area contributed by atoms with E-state index in [9.17, 15) is 19.5 Å². The van der Waals surface area contributed by atoms with Crippen molar-refractivity contribution in [2.24, 2.45) is 5.16 Å². The van der Waals surface area contributed by atoms with Gasteiger partial charge in [0.2, 0.25) is 5.91 Å². The minimum absolute atomic E-state index is 0.108. The van der Waals surface area contributed by atoms with Crippen LogP contribution < -0.4 is 5.32 Å². The van der Waals surface area contributed by atoms with Crippen LogP contribution in [0.5, 0.6) is 0 Å². The Morgan fingerprint density at radius 1 is 1.19 bits per heavy atom. The number of β-lactam (4-membered cyclic amide) rings is 1. The largest absolute Gasteiger partial charge is 0.480 e. The molecule has 0 radical (unpaired) electrons. The minimum atomic E-state index is -1.04. The van der Waals surface area contributed by atoms with Crippen molar-refractivity contribution in [1.82, 2.24) is 10.2 Å². The van der Waals surface area contributed by atoms with Gasteiger partial charge in [0.1, 0.15) is 23.1 Å². The number of hydrogen-bond acceptors (Lipinski definition) is 6. The Hall–Kier alpha value is -2.55. The first-order valence-corrected chi connectivity index (χ1v) is 11.4. The first kappa shape index (κ1) is 21.7. The summed E-state index contributed by atoms with van der Waals surface area (Å²) in [4.78, 5) is 44.7. The van der Waals surface area contributed by atoms with Crippen molar-refractivity contribution in [1.29, 1.82) is 0 Å². The van der Waals surface area contributed by atoms with E-state index < -0.39 is 39.7 Å². The molecule has 0 bridgehead atoms. The Bertz CT molecular complexity index is 926. The number of hydrogen-bond donors (Lipinski definition) is 2. The maximum absolute atomic E-state index is 13.1. The van der Waals surface area contributed by atoms with E-state index in [1.807, 2.05) is 13.0 Å². The third-order valence-electron chi connectivity index (χ3n) is 6.24. The molecule has 3 fully saturated rings. The summed E-state index contributed by atoms with van der Waals surface area (Å²) in [6.45, 7) is 5.59. The number of thioether (sulfide) groups is 1. The Morgan fingerprint density at radius 2 is 1.84 bits per heavy atom. The maximum atomic E-state index is 13.1. The van der Waals surface area contributed by atoms with E-state index in [4.69, 9.17) is 4.84 Å². The second kappa shape index (κ2) is 7.85. The summed E-state index contributed by atoms with van der Waals surface area (Å²) >= 11 is 1.39. The fourth-order valence-electron chi connectivity index (χ4n) is 4.55. The van der Waals surface area contributed by atoms with Gasteiger partial charge >= 0.3 is 5.97 Å². The minimum Gasteiger partial charge on any atom is -0.480 e. The van der Waals surface area contributed by atoms with Gasteiger partial charge in [0.25, 0.3) is 5.91 Å². The first-order valence-electron chi connectivity index (χ1n) is 10.5. The highest BCUT2D eigenvalue weighted by atomic mass is 32.2. The number of carboxylic acid groups (broad SMARTS) is 1. The topological polar surface area (TPSA) is 108 Å². The average Bonchev–Trinajstić information content (AvgIpc) is 3.26. The summed E-state index contributed by atoms with van der Waals surface area (Å²) in [5.74, 6) is -1.94. The molecule has 3 atom stereocenters. The molecule has 2 aliphatic heterocycles. The normalized spacial score (nSPS) is 28.6. The van der Waals surface area contributed by atoms with Crippen LogP contribution in [0.4, 0.5) is 0 Å². The molecule has 166 valence electrons. The predicted molar refractivity (Wildman–Crippen MR) is 117 cm³/mol. The van der Waals surface area contributed by atoms with Gasteiger partial charge in [0, 0.05) is 10.3 Å². The standard InChI is InChI=1S/C22H27N3O5S/c1-21(2)16(20(28)29)25-18(27)15(19(25)31-21)23-17(26)14(13-9-5-4-6-10-13)24-30-22(3)11-7-8-12-22/h4-6,9-10,15-16,19H,7-8,11-12H2,1-3H3,(H,23,26)(H,28,29)/b24-14-/t15-,16-,19+/m0/s1. The third kappa shape index (κ3) is 3.91. The molecule has 4 rings (SSSR count). The van der Waals surface area contributed by atoms with Crippen LogP contribution in [0, 0.1) is 0 Å². The van der Waals surface area contributed by atoms with E-state index in [0.29, 0.717) is 5.56 Å². The van der Waals surface area contributed by atoms with Crippen LogP contribution in [-0.4, -0.2) is 61.3 Å². The van der Waals surface area contributed by atoms with Gasteiger partial charge in [-0.3, -0.25) is 9.59 Å². The van der Waals surface area contributed by atoms with E-state index >= 15 is 0 Å². The first-order chi connectivity index (χ1) is 14.6. The van der Waals surface area contributed by atoms with Crippen LogP contribution in [-0.2, 0) is 19.2 Å². The summed E-state index contributed by atoms with van der Waals surface area (Å²) in [5, 5.41) is 16.1. The number of aliphatic carboxylic acids is 1. The summed E-state index contributed by atoms with van der Waals surface area (Å²) in [5.41, 5.74) is 0.300. The summed E-state index contributed by atoms with van der Waals surface area (Å²) < 4.78 is -0.651. The smallest absolute Gasteiger partial charge is 0.327 e. The molecule has 2 saturated heterocycles. The second-order valence-corrected chi connectivity index (χ2v) is 10.9. The highest BCUT2D eigenvalue weighted by Crippen LogP contribution is 2.50. The van der Waals surface area contributed by atoms with Crippen molar-refractivity contribution in [3.63, 3.8) is 0 Å². The lowest BCUT2D eigenvalue weighted by Gasteiger charge is -2.43. The van der Waals surface area contributed by atoms with Gasteiger partial charge in [-0.15, -0.1) is 11.8 Å². The molecule has 2 N–H and O–H groups in total. The van der Waals surface area contributed by atoms with Gasteiger partial charge in [-0.05, 0) is 46.5 Å². The van der Waals surface area contributed by atoms with Gasteiger partial charge in [0.15, 0.2) is 5.71 Å². The van der Waals surface area contributed by atoms with Gasteiger partial charge in [-0.1, -0.05) is 35.5 Å². The van der Waals surface area contributed by atoms with Gasteiger partial charge < -0.3 is 20.2 Å². The lowest BCUT2D eigenvalue weighted by Crippen LogP contribution is -2.71. The quantitative estimate of drug-likeness (QED) is 0.395. The monoisotopic (exact) mass is 445 g/mol. The van der Waals surface area contributed by atoms with E-state index in [-0.39, 0.29) is 11.6 Å². The van der Waals surface area contributed by atoms with E-state index in [2.05, 4.69) is 10.5 Å². The average molecular weight is 446 g/mol. The van der Waals surface area contributed by atoms with Crippen LogP contribution in [0.2, 0.25) is 0 Å². The molecule has 0 spiro atoms. The zero-order valence-electron chi connectivity index (χ0n) is 17.8. The molecule has 2 amide bonds. The number of carbonyl (C=O) groups excluding carboxylic acids is 2. The van der Waals surface area contributed by atoms with Gasteiger partial charge in [-0.25, -0.2) is 4.79 Å². The van der Waals surface area contributed by atoms with Crippen molar-refractivity contribution in [2.45, 2.75) is 74.3 Å². The van der Waals surface area contributed by atoms with Crippen molar-refractivity contribution in [3.8, 4) is 0 Å². The summed E-state index contributed by atoms with van der Waals surface area (Å²) in [7, 11) is 0. The molecule has 1 aliphatic carbocycles. The SMILES string of the molecule is CC1(O/N=C(\C(=O)N[C@H]2C(=O)N3[C@@H]2SC(C)(C)[C@@H]3C(=O)O)c2ccccc2)CCCC1. The van der Waals surface area contributed by atoms with Crippen molar-refractivity contribution >= 4 is 35.3 Å². The van der Waals surface area contributed by atoms with Crippen molar-refractivity contribution in [2.75, 3.05) is 0 Å².